The van der Waals surface area contributed by atoms with Crippen molar-refractivity contribution in [1.29, 1.82) is 0 Å². The van der Waals surface area contributed by atoms with E-state index < -0.39 is 0 Å². The fourth-order valence-corrected chi connectivity index (χ4v) is 2.76. The summed E-state index contributed by atoms with van der Waals surface area (Å²) in [4.78, 5) is 12.9. The smallest absolute Gasteiger partial charge is 0.235 e. The highest BCUT2D eigenvalue weighted by Gasteiger charge is 2.18. The van der Waals surface area contributed by atoms with Crippen LogP contribution in [0.5, 0.6) is 5.75 Å². The SMILES string of the molecule is CCC(CC)COc1c(-c2ccccc2)oc2ccccc2c1=O. The molecule has 0 radical (unpaired) electrons. The summed E-state index contributed by atoms with van der Waals surface area (Å²) in [5.41, 5.74) is 1.32. The second-order valence-corrected chi connectivity index (χ2v) is 5.95. The summed E-state index contributed by atoms with van der Waals surface area (Å²) in [6, 6.07) is 16.9. The standard InChI is InChI=1S/C21H22O3/c1-3-15(4-2)14-23-21-19(22)17-12-8-9-13-18(17)24-20(21)16-10-6-5-7-11-16/h5-13,15H,3-4,14H2,1-2H3. The number of hydrogen-bond acceptors (Lipinski definition) is 3. The van der Waals surface area contributed by atoms with Gasteiger partial charge in [-0.2, -0.15) is 0 Å². The highest BCUT2D eigenvalue weighted by Crippen LogP contribution is 2.31. The van der Waals surface area contributed by atoms with Gasteiger partial charge in [-0.1, -0.05) is 69.2 Å². The quantitative estimate of drug-likeness (QED) is 0.620. The van der Waals surface area contributed by atoms with Crippen molar-refractivity contribution in [2.45, 2.75) is 26.7 Å². The zero-order chi connectivity index (χ0) is 16.9. The fraction of sp³-hybridized carbons (Fsp3) is 0.286. The van der Waals surface area contributed by atoms with Gasteiger partial charge in [0, 0.05) is 5.56 Å². The van der Waals surface area contributed by atoms with Crippen molar-refractivity contribution in [3.63, 3.8) is 0 Å². The van der Waals surface area contributed by atoms with Gasteiger partial charge >= 0.3 is 0 Å². The highest BCUT2D eigenvalue weighted by molar-refractivity contribution is 5.81. The lowest BCUT2D eigenvalue weighted by Crippen LogP contribution is -2.16. The molecule has 0 fully saturated rings. The van der Waals surface area contributed by atoms with Crippen LogP contribution in [-0.2, 0) is 0 Å². The molecule has 24 heavy (non-hydrogen) atoms. The van der Waals surface area contributed by atoms with Crippen molar-refractivity contribution in [3.05, 3.63) is 64.8 Å². The second kappa shape index (κ2) is 7.35. The Hall–Kier alpha value is -2.55. The largest absolute Gasteiger partial charge is 0.486 e. The van der Waals surface area contributed by atoms with E-state index in [1.54, 1.807) is 6.07 Å². The first kappa shape index (κ1) is 16.3. The molecule has 0 unspecified atom stereocenters. The molecule has 0 aliphatic heterocycles. The summed E-state index contributed by atoms with van der Waals surface area (Å²) < 4.78 is 12.0. The molecule has 1 heterocycles. The van der Waals surface area contributed by atoms with E-state index in [1.807, 2.05) is 48.5 Å². The van der Waals surface area contributed by atoms with Crippen LogP contribution in [0, 0.1) is 5.92 Å². The lowest BCUT2D eigenvalue weighted by molar-refractivity contribution is 0.236. The molecule has 0 N–H and O–H groups in total. The molecule has 1 aromatic heterocycles. The van der Waals surface area contributed by atoms with E-state index in [0.717, 1.165) is 18.4 Å². The molecule has 0 atom stereocenters. The van der Waals surface area contributed by atoms with Gasteiger partial charge in [-0.15, -0.1) is 0 Å². The van der Waals surface area contributed by atoms with Crippen LogP contribution in [0.2, 0.25) is 0 Å². The zero-order valence-corrected chi connectivity index (χ0v) is 14.1. The Balaban J connectivity index is 2.13. The van der Waals surface area contributed by atoms with Crippen LogP contribution in [0.15, 0.2) is 63.8 Å². The van der Waals surface area contributed by atoms with Crippen molar-refractivity contribution >= 4 is 11.0 Å². The van der Waals surface area contributed by atoms with Crippen molar-refractivity contribution in [2.75, 3.05) is 6.61 Å². The van der Waals surface area contributed by atoms with Gasteiger partial charge < -0.3 is 9.15 Å². The van der Waals surface area contributed by atoms with Gasteiger partial charge in [-0.25, -0.2) is 0 Å². The molecule has 3 heteroatoms. The molecule has 3 aromatic rings. The van der Waals surface area contributed by atoms with Crippen molar-refractivity contribution in [3.8, 4) is 17.1 Å². The topological polar surface area (TPSA) is 39.4 Å². The van der Waals surface area contributed by atoms with Crippen molar-refractivity contribution in [1.82, 2.24) is 0 Å². The normalized spacial score (nSPS) is 11.1. The summed E-state index contributed by atoms with van der Waals surface area (Å²) in [6.07, 6.45) is 2.05. The molecule has 124 valence electrons. The molecular weight excluding hydrogens is 300 g/mol. The maximum absolute atomic E-state index is 12.9. The van der Waals surface area contributed by atoms with E-state index >= 15 is 0 Å². The number of fused-ring (bicyclic) bond motifs is 1. The van der Waals surface area contributed by atoms with Crippen molar-refractivity contribution < 1.29 is 9.15 Å². The summed E-state index contributed by atoms with van der Waals surface area (Å²) in [5, 5.41) is 0.553. The minimum Gasteiger partial charge on any atom is -0.486 e. The van der Waals surface area contributed by atoms with Crippen LogP contribution in [0.4, 0.5) is 0 Å². The van der Waals surface area contributed by atoms with Crippen LogP contribution < -0.4 is 10.2 Å². The number of benzene rings is 2. The van der Waals surface area contributed by atoms with E-state index in [9.17, 15) is 4.79 Å². The van der Waals surface area contributed by atoms with Gasteiger partial charge in [0.05, 0.1) is 12.0 Å². The molecule has 0 aliphatic rings. The van der Waals surface area contributed by atoms with Gasteiger partial charge in [0.15, 0.2) is 5.76 Å². The third-order valence-corrected chi connectivity index (χ3v) is 4.41. The van der Waals surface area contributed by atoms with E-state index in [1.165, 1.54) is 0 Å². The van der Waals surface area contributed by atoms with Crippen molar-refractivity contribution in [2.24, 2.45) is 5.92 Å². The molecule has 3 rings (SSSR count). The van der Waals surface area contributed by atoms with Gasteiger partial charge in [-0.05, 0) is 18.1 Å². The summed E-state index contributed by atoms with van der Waals surface area (Å²) in [6.45, 7) is 4.80. The maximum Gasteiger partial charge on any atom is 0.235 e. The molecular formula is C21H22O3. The molecule has 0 spiro atoms. The first-order valence-corrected chi connectivity index (χ1v) is 8.48. The Morgan fingerprint density at radius 3 is 2.33 bits per heavy atom. The van der Waals surface area contributed by atoms with Crippen LogP contribution in [0.25, 0.3) is 22.3 Å². The highest BCUT2D eigenvalue weighted by atomic mass is 16.5. The lowest BCUT2D eigenvalue weighted by Gasteiger charge is -2.16. The number of hydrogen-bond donors (Lipinski definition) is 0. The predicted octanol–water partition coefficient (Wildman–Crippen LogP) is 5.28. The number of ether oxygens (including phenoxy) is 1. The third-order valence-electron chi connectivity index (χ3n) is 4.41. The van der Waals surface area contributed by atoms with E-state index in [4.69, 9.17) is 9.15 Å². The van der Waals surface area contributed by atoms with E-state index in [2.05, 4.69) is 13.8 Å². The van der Waals surface area contributed by atoms with Gasteiger partial charge in [0.2, 0.25) is 11.2 Å². The molecule has 0 amide bonds. The minimum atomic E-state index is -0.110. The lowest BCUT2D eigenvalue weighted by atomic mass is 10.1. The monoisotopic (exact) mass is 322 g/mol. The van der Waals surface area contributed by atoms with Gasteiger partial charge in [0.25, 0.3) is 0 Å². The zero-order valence-electron chi connectivity index (χ0n) is 14.1. The summed E-state index contributed by atoms with van der Waals surface area (Å²) in [7, 11) is 0. The van der Waals surface area contributed by atoms with Crippen LogP contribution in [0.1, 0.15) is 26.7 Å². The first-order valence-electron chi connectivity index (χ1n) is 8.48. The molecule has 0 saturated carbocycles. The molecule has 2 aromatic carbocycles. The van der Waals surface area contributed by atoms with E-state index in [0.29, 0.717) is 35.0 Å². The molecule has 0 saturated heterocycles. The Morgan fingerprint density at radius 1 is 0.958 bits per heavy atom. The predicted molar refractivity (Wildman–Crippen MR) is 97.5 cm³/mol. The Morgan fingerprint density at radius 2 is 1.62 bits per heavy atom. The average Bonchev–Trinajstić information content (AvgIpc) is 2.64. The molecule has 3 nitrogen and oxygen atoms in total. The Kier molecular flexibility index (Phi) is 4.99. The summed E-state index contributed by atoms with van der Waals surface area (Å²) >= 11 is 0. The second-order valence-electron chi connectivity index (χ2n) is 5.95. The average molecular weight is 322 g/mol. The van der Waals surface area contributed by atoms with Crippen LogP contribution in [-0.4, -0.2) is 6.61 Å². The summed E-state index contributed by atoms with van der Waals surface area (Å²) in [5.74, 6) is 1.25. The van der Waals surface area contributed by atoms with Gasteiger partial charge in [-0.3, -0.25) is 4.79 Å². The number of rotatable bonds is 6. The van der Waals surface area contributed by atoms with Gasteiger partial charge in [0.1, 0.15) is 5.58 Å². The first-order chi connectivity index (χ1) is 11.7. The van der Waals surface area contributed by atoms with E-state index in [-0.39, 0.29) is 5.43 Å². The third kappa shape index (κ3) is 3.21. The Bertz CT molecular complexity index is 861. The Labute approximate surface area is 141 Å². The van der Waals surface area contributed by atoms with Crippen LogP contribution in [0.3, 0.4) is 0 Å². The minimum absolute atomic E-state index is 0.110. The number of para-hydroxylation sites is 1. The fourth-order valence-electron chi connectivity index (χ4n) is 2.76. The molecule has 0 bridgehead atoms. The molecule has 0 aliphatic carbocycles. The maximum atomic E-state index is 12.9. The van der Waals surface area contributed by atoms with Crippen LogP contribution >= 0.6 is 0 Å².